The van der Waals surface area contributed by atoms with Crippen molar-refractivity contribution in [2.75, 3.05) is 13.2 Å². The number of amides is 1. The fourth-order valence-corrected chi connectivity index (χ4v) is 3.92. The van der Waals surface area contributed by atoms with E-state index in [0.29, 0.717) is 40.9 Å². The highest BCUT2D eigenvalue weighted by molar-refractivity contribution is 7.87. The standard InChI is InChI=1S/C25H23ClN2O6S/c1-3-15-33-23-14-9-18(16-24(23)32-4-2)25(29)28-27-17-19-7-5-6-8-22(19)34-35(30,31)21-12-10-20(26)11-13-21/h3,5-14,16-17H,1,4,15H2,2H3,(H,28,29)/b27-17+. The van der Waals surface area contributed by atoms with Gasteiger partial charge in [-0.2, -0.15) is 13.5 Å². The number of nitrogens with zero attached hydrogens (tertiary/aromatic N) is 1. The molecule has 0 fully saturated rings. The van der Waals surface area contributed by atoms with Crippen LogP contribution in [0.2, 0.25) is 5.02 Å². The molecule has 3 rings (SSSR count). The van der Waals surface area contributed by atoms with Crippen LogP contribution in [-0.4, -0.2) is 33.8 Å². The maximum atomic E-state index is 12.6. The van der Waals surface area contributed by atoms with Crippen LogP contribution in [0, 0.1) is 0 Å². The van der Waals surface area contributed by atoms with Crippen LogP contribution in [0.15, 0.2) is 89.4 Å². The second-order valence-corrected chi connectivity index (χ2v) is 8.91. The van der Waals surface area contributed by atoms with Crippen molar-refractivity contribution in [1.82, 2.24) is 5.43 Å². The number of nitrogens with one attached hydrogen (secondary N) is 1. The summed E-state index contributed by atoms with van der Waals surface area (Å²) < 4.78 is 41.6. The van der Waals surface area contributed by atoms with Gasteiger partial charge < -0.3 is 13.7 Å². The van der Waals surface area contributed by atoms with E-state index in [-0.39, 0.29) is 10.6 Å². The highest BCUT2D eigenvalue weighted by atomic mass is 35.5. The van der Waals surface area contributed by atoms with Gasteiger partial charge in [0.1, 0.15) is 11.5 Å². The summed E-state index contributed by atoms with van der Waals surface area (Å²) >= 11 is 5.82. The first kappa shape index (κ1) is 25.8. The third-order valence-corrected chi connectivity index (χ3v) is 5.95. The Morgan fingerprint density at radius 2 is 1.77 bits per heavy atom. The van der Waals surface area contributed by atoms with Gasteiger partial charge in [-0.3, -0.25) is 4.79 Å². The Hall–Kier alpha value is -3.82. The molecule has 1 amide bonds. The van der Waals surface area contributed by atoms with E-state index in [1.165, 1.54) is 36.5 Å². The lowest BCUT2D eigenvalue weighted by Crippen LogP contribution is -2.18. The molecule has 3 aromatic rings. The van der Waals surface area contributed by atoms with Gasteiger partial charge in [-0.1, -0.05) is 36.4 Å². The summed E-state index contributed by atoms with van der Waals surface area (Å²) in [6.45, 7) is 6.12. The van der Waals surface area contributed by atoms with Crippen molar-refractivity contribution in [2.45, 2.75) is 11.8 Å². The van der Waals surface area contributed by atoms with Crippen LogP contribution in [0.3, 0.4) is 0 Å². The van der Waals surface area contributed by atoms with E-state index in [1.54, 1.807) is 42.5 Å². The van der Waals surface area contributed by atoms with Gasteiger partial charge in [0.25, 0.3) is 5.91 Å². The Morgan fingerprint density at radius 1 is 1.03 bits per heavy atom. The highest BCUT2D eigenvalue weighted by Gasteiger charge is 2.18. The molecule has 0 aromatic heterocycles. The SMILES string of the molecule is C=CCOc1ccc(C(=O)N/N=C/c2ccccc2OS(=O)(=O)c2ccc(Cl)cc2)cc1OCC. The van der Waals surface area contributed by atoms with E-state index in [1.807, 2.05) is 6.92 Å². The number of hydrogen-bond acceptors (Lipinski definition) is 7. The number of benzene rings is 3. The maximum absolute atomic E-state index is 12.6. The second-order valence-electron chi connectivity index (χ2n) is 6.92. The summed E-state index contributed by atoms with van der Waals surface area (Å²) in [5, 5.41) is 4.34. The van der Waals surface area contributed by atoms with E-state index in [2.05, 4.69) is 17.1 Å². The average molecular weight is 515 g/mol. The Labute approximate surface area is 208 Å². The summed E-state index contributed by atoms with van der Waals surface area (Å²) in [4.78, 5) is 12.5. The molecule has 0 heterocycles. The molecule has 182 valence electrons. The van der Waals surface area contributed by atoms with Gasteiger partial charge in [-0.25, -0.2) is 5.43 Å². The lowest BCUT2D eigenvalue weighted by molar-refractivity contribution is 0.0954. The van der Waals surface area contributed by atoms with Gasteiger partial charge in [0.2, 0.25) is 0 Å². The zero-order valence-corrected chi connectivity index (χ0v) is 20.4. The number of carbonyl (C=O) groups is 1. The molecule has 0 radical (unpaired) electrons. The van der Waals surface area contributed by atoms with Crippen LogP contribution < -0.4 is 19.1 Å². The van der Waals surface area contributed by atoms with Crippen molar-refractivity contribution < 1.29 is 26.9 Å². The van der Waals surface area contributed by atoms with Crippen LogP contribution in [-0.2, 0) is 10.1 Å². The molecular weight excluding hydrogens is 492 g/mol. The minimum Gasteiger partial charge on any atom is -0.490 e. The Bertz CT molecular complexity index is 1320. The number of rotatable bonds is 11. The van der Waals surface area contributed by atoms with Crippen LogP contribution in [0.5, 0.6) is 17.2 Å². The molecule has 0 unspecified atom stereocenters. The molecule has 10 heteroatoms. The predicted octanol–water partition coefficient (Wildman–Crippen LogP) is 4.84. The molecule has 35 heavy (non-hydrogen) atoms. The molecule has 1 N–H and O–H groups in total. The zero-order chi connectivity index (χ0) is 25.3. The fraction of sp³-hybridized carbons (Fsp3) is 0.120. The lowest BCUT2D eigenvalue weighted by Gasteiger charge is -2.12. The van der Waals surface area contributed by atoms with Crippen molar-refractivity contribution in [3.8, 4) is 17.2 Å². The summed E-state index contributed by atoms with van der Waals surface area (Å²) in [6.07, 6.45) is 2.89. The van der Waals surface area contributed by atoms with Crippen LogP contribution >= 0.6 is 11.6 Å². The van der Waals surface area contributed by atoms with E-state index >= 15 is 0 Å². The molecule has 8 nitrogen and oxygen atoms in total. The first-order chi connectivity index (χ1) is 16.8. The zero-order valence-electron chi connectivity index (χ0n) is 18.8. The van der Waals surface area contributed by atoms with E-state index in [4.69, 9.17) is 25.3 Å². The first-order valence-electron chi connectivity index (χ1n) is 10.5. The quantitative estimate of drug-likeness (QED) is 0.170. The lowest BCUT2D eigenvalue weighted by atomic mass is 10.2. The summed E-state index contributed by atoms with van der Waals surface area (Å²) in [6, 6.07) is 16.7. The smallest absolute Gasteiger partial charge is 0.339 e. The number of carbonyl (C=O) groups excluding carboxylic acids is 1. The normalized spacial score (nSPS) is 11.1. The molecule has 0 atom stereocenters. The molecule has 0 aliphatic heterocycles. The molecule has 0 saturated carbocycles. The fourth-order valence-electron chi connectivity index (χ4n) is 2.84. The molecule has 0 aliphatic rings. The minimum atomic E-state index is -4.10. The van der Waals surface area contributed by atoms with Crippen molar-refractivity contribution in [3.63, 3.8) is 0 Å². The topological polar surface area (TPSA) is 103 Å². The van der Waals surface area contributed by atoms with Crippen molar-refractivity contribution in [2.24, 2.45) is 5.10 Å². The summed E-state index contributed by atoms with van der Waals surface area (Å²) in [7, 11) is -4.10. The number of hydrazone groups is 1. The molecule has 0 bridgehead atoms. The van der Waals surface area contributed by atoms with Crippen LogP contribution in [0.25, 0.3) is 0 Å². The van der Waals surface area contributed by atoms with Crippen molar-refractivity contribution >= 4 is 33.8 Å². The number of halogens is 1. The minimum absolute atomic E-state index is 0.0443. The van der Waals surface area contributed by atoms with Gasteiger partial charge in [-0.15, -0.1) is 0 Å². The largest absolute Gasteiger partial charge is 0.490 e. The first-order valence-corrected chi connectivity index (χ1v) is 12.3. The van der Waals surface area contributed by atoms with Crippen molar-refractivity contribution in [1.29, 1.82) is 0 Å². The molecule has 0 saturated heterocycles. The third-order valence-electron chi connectivity index (χ3n) is 4.45. The van der Waals surface area contributed by atoms with Crippen LogP contribution in [0.4, 0.5) is 0 Å². The van der Waals surface area contributed by atoms with Gasteiger partial charge in [0, 0.05) is 16.1 Å². The van der Waals surface area contributed by atoms with E-state index in [0.717, 1.165) is 0 Å². The second kappa shape index (κ2) is 12.0. The Balaban J connectivity index is 1.73. The summed E-state index contributed by atoms with van der Waals surface area (Å²) in [5.74, 6) is 0.448. The number of para-hydroxylation sites is 1. The Morgan fingerprint density at radius 3 is 2.49 bits per heavy atom. The Kier molecular flexibility index (Phi) is 8.88. The van der Waals surface area contributed by atoms with Gasteiger partial charge >= 0.3 is 10.1 Å². The number of hydrogen-bond donors (Lipinski definition) is 1. The average Bonchev–Trinajstić information content (AvgIpc) is 2.84. The predicted molar refractivity (Wildman–Crippen MR) is 134 cm³/mol. The van der Waals surface area contributed by atoms with Gasteiger partial charge in [0.05, 0.1) is 12.8 Å². The number of ether oxygens (including phenoxy) is 2. The highest BCUT2D eigenvalue weighted by Crippen LogP contribution is 2.28. The van der Waals surface area contributed by atoms with E-state index in [9.17, 15) is 13.2 Å². The van der Waals surface area contributed by atoms with Gasteiger partial charge in [0.15, 0.2) is 17.2 Å². The van der Waals surface area contributed by atoms with Gasteiger partial charge in [-0.05, 0) is 61.5 Å². The molecule has 0 aliphatic carbocycles. The molecule has 0 spiro atoms. The molecule has 3 aromatic carbocycles. The third kappa shape index (κ3) is 7.08. The maximum Gasteiger partial charge on any atom is 0.339 e. The van der Waals surface area contributed by atoms with E-state index < -0.39 is 16.0 Å². The van der Waals surface area contributed by atoms with Crippen molar-refractivity contribution in [3.05, 3.63) is 95.5 Å². The summed E-state index contributed by atoms with van der Waals surface area (Å²) in [5.41, 5.74) is 3.04. The molecular formula is C25H23ClN2O6S. The monoisotopic (exact) mass is 514 g/mol. The van der Waals surface area contributed by atoms with Crippen LogP contribution in [0.1, 0.15) is 22.8 Å².